The van der Waals surface area contributed by atoms with Gasteiger partial charge in [-0.15, -0.1) is 0 Å². The van der Waals surface area contributed by atoms with Crippen LogP contribution in [0.2, 0.25) is 0 Å². The third kappa shape index (κ3) is 3.39. The molecule has 3 saturated heterocycles. The van der Waals surface area contributed by atoms with Gasteiger partial charge in [-0.25, -0.2) is 0 Å². The number of hydrogen-bond acceptors (Lipinski definition) is 3. The minimum atomic E-state index is 0.0370. The van der Waals surface area contributed by atoms with Crippen molar-refractivity contribution < 1.29 is 9.59 Å². The normalized spacial score (nSPS) is 21.4. The second kappa shape index (κ2) is 7.35. The van der Waals surface area contributed by atoms with Crippen molar-refractivity contribution in [3.63, 3.8) is 0 Å². The van der Waals surface area contributed by atoms with Crippen molar-refractivity contribution in [1.29, 1.82) is 0 Å². The second-order valence-corrected chi connectivity index (χ2v) is 8.09. The summed E-state index contributed by atoms with van der Waals surface area (Å²) in [6.07, 6.45) is 7.32. The third-order valence-electron chi connectivity index (χ3n) is 6.23. The van der Waals surface area contributed by atoms with E-state index in [4.69, 9.17) is 0 Å². The molecule has 3 fully saturated rings. The van der Waals surface area contributed by atoms with Gasteiger partial charge in [-0.2, -0.15) is 0 Å². The van der Waals surface area contributed by atoms with Crippen LogP contribution in [0, 0.1) is 5.92 Å². The van der Waals surface area contributed by atoms with Crippen LogP contribution in [0.15, 0.2) is 61.1 Å². The van der Waals surface area contributed by atoms with Gasteiger partial charge in [0, 0.05) is 55.3 Å². The number of carbonyl (C=O) groups excluding carboxylic acids is 2. The zero-order valence-electron chi connectivity index (χ0n) is 16.3. The van der Waals surface area contributed by atoms with E-state index in [1.807, 2.05) is 44.8 Å². The zero-order chi connectivity index (χ0) is 19.8. The fourth-order valence-corrected chi connectivity index (χ4v) is 4.75. The number of nitrogens with zero attached hydrogens (tertiary/aromatic N) is 4. The van der Waals surface area contributed by atoms with Crippen LogP contribution in [-0.2, 0) is 11.3 Å². The predicted octanol–water partition coefficient (Wildman–Crippen LogP) is 2.80. The lowest BCUT2D eigenvalue weighted by atomic mass is 9.95. The van der Waals surface area contributed by atoms with Crippen molar-refractivity contribution in [2.45, 2.75) is 25.4 Å². The van der Waals surface area contributed by atoms with Crippen molar-refractivity contribution in [3.05, 3.63) is 66.6 Å². The van der Waals surface area contributed by atoms with Crippen LogP contribution in [0.25, 0.3) is 10.9 Å². The molecule has 29 heavy (non-hydrogen) atoms. The topological polar surface area (TPSA) is 58.4 Å². The lowest BCUT2D eigenvalue weighted by molar-refractivity contribution is -0.135. The van der Waals surface area contributed by atoms with Crippen LogP contribution >= 0.6 is 0 Å². The molecular weight excluding hydrogens is 364 g/mol. The maximum atomic E-state index is 13.2. The Morgan fingerprint density at radius 1 is 0.966 bits per heavy atom. The fourth-order valence-electron chi connectivity index (χ4n) is 4.75. The molecule has 3 aromatic rings. The van der Waals surface area contributed by atoms with Crippen molar-refractivity contribution in [3.8, 4) is 0 Å². The van der Waals surface area contributed by atoms with E-state index >= 15 is 0 Å². The van der Waals surface area contributed by atoms with E-state index in [0.29, 0.717) is 31.1 Å². The number of piperidine rings is 1. The molecule has 2 aromatic heterocycles. The van der Waals surface area contributed by atoms with Gasteiger partial charge in [-0.3, -0.25) is 14.6 Å². The van der Waals surface area contributed by atoms with Gasteiger partial charge in [0.2, 0.25) is 5.91 Å². The summed E-state index contributed by atoms with van der Waals surface area (Å²) in [5, 5.41) is 1.15. The number of carbonyl (C=O) groups is 2. The number of hydrogen-bond donors (Lipinski definition) is 0. The first-order chi connectivity index (χ1) is 14.2. The molecule has 6 heteroatoms. The van der Waals surface area contributed by atoms with E-state index in [1.54, 1.807) is 24.5 Å². The summed E-state index contributed by atoms with van der Waals surface area (Å²) in [5.41, 5.74) is 1.74. The van der Waals surface area contributed by atoms with Crippen LogP contribution < -0.4 is 0 Å². The Morgan fingerprint density at radius 2 is 1.79 bits per heavy atom. The summed E-state index contributed by atoms with van der Waals surface area (Å²) >= 11 is 0. The number of fused-ring (bicyclic) bond motifs is 5. The molecule has 3 aliphatic heterocycles. The summed E-state index contributed by atoms with van der Waals surface area (Å²) < 4.78 is 2.02. The molecule has 6 nitrogen and oxygen atoms in total. The zero-order valence-corrected chi connectivity index (χ0v) is 16.3. The highest BCUT2D eigenvalue weighted by Crippen LogP contribution is 2.29. The first kappa shape index (κ1) is 17.9. The number of benzene rings is 1. The Labute approximate surface area is 169 Å². The van der Waals surface area contributed by atoms with Crippen molar-refractivity contribution in [2.24, 2.45) is 5.92 Å². The Bertz CT molecular complexity index is 1050. The lowest BCUT2D eigenvalue weighted by Crippen LogP contribution is -2.48. The van der Waals surface area contributed by atoms with Gasteiger partial charge in [0.25, 0.3) is 5.91 Å². The molecule has 0 unspecified atom stereocenters. The average molecular weight is 388 g/mol. The predicted molar refractivity (Wildman–Crippen MR) is 110 cm³/mol. The highest BCUT2D eigenvalue weighted by atomic mass is 16.2. The molecule has 0 N–H and O–H groups in total. The summed E-state index contributed by atoms with van der Waals surface area (Å²) in [5.74, 6) is 0.513. The number of aromatic nitrogens is 2. The molecule has 0 radical (unpaired) electrons. The van der Waals surface area contributed by atoms with E-state index in [2.05, 4.69) is 11.1 Å². The molecular formula is C23H24N4O2. The van der Waals surface area contributed by atoms with Gasteiger partial charge in [0.05, 0.1) is 0 Å². The first-order valence-electron chi connectivity index (χ1n) is 10.2. The third-order valence-corrected chi connectivity index (χ3v) is 6.23. The Kier molecular flexibility index (Phi) is 4.54. The highest BCUT2D eigenvalue weighted by Gasteiger charge is 2.38. The van der Waals surface area contributed by atoms with E-state index in [0.717, 1.165) is 30.3 Å². The van der Waals surface area contributed by atoms with E-state index in [1.165, 1.54) is 0 Å². The van der Waals surface area contributed by atoms with E-state index < -0.39 is 0 Å². The Hall–Kier alpha value is -3.15. The molecule has 0 aliphatic carbocycles. The molecule has 148 valence electrons. The summed E-state index contributed by atoms with van der Waals surface area (Å²) in [7, 11) is 0. The smallest absolute Gasteiger partial charge is 0.254 e. The van der Waals surface area contributed by atoms with Gasteiger partial charge >= 0.3 is 0 Å². The van der Waals surface area contributed by atoms with Crippen molar-refractivity contribution in [1.82, 2.24) is 19.4 Å². The molecule has 0 spiro atoms. The minimum Gasteiger partial charge on any atom is -0.338 e. The number of pyridine rings is 1. The molecule has 3 aliphatic rings. The second-order valence-electron chi connectivity index (χ2n) is 8.09. The largest absolute Gasteiger partial charge is 0.338 e. The van der Waals surface area contributed by atoms with Gasteiger partial charge in [0.15, 0.2) is 0 Å². The van der Waals surface area contributed by atoms with Crippen molar-refractivity contribution >= 4 is 22.7 Å². The maximum Gasteiger partial charge on any atom is 0.254 e. The molecule has 1 aromatic carbocycles. The molecule has 5 heterocycles. The lowest BCUT2D eigenvalue weighted by Gasteiger charge is -2.36. The number of rotatable bonds is 3. The van der Waals surface area contributed by atoms with Gasteiger partial charge in [-0.05, 0) is 48.4 Å². The maximum absolute atomic E-state index is 13.2. The Balaban J connectivity index is 1.33. The molecule has 2 atom stereocenters. The van der Waals surface area contributed by atoms with Crippen LogP contribution in [-0.4, -0.2) is 56.8 Å². The van der Waals surface area contributed by atoms with E-state index in [9.17, 15) is 9.59 Å². The monoisotopic (exact) mass is 388 g/mol. The standard InChI is InChI=1S/C23H24N4O2/c28-22(16-25-12-9-18-3-1-2-4-21(18)25)27-14-17-5-6-20(27)15-26(13-17)23(29)19-7-10-24-11-8-19/h1-4,7-12,17,20H,5-6,13-16H2/t17-,20+/m1/s1. The van der Waals surface area contributed by atoms with E-state index in [-0.39, 0.29) is 17.9 Å². The summed E-state index contributed by atoms with van der Waals surface area (Å²) in [6, 6.07) is 13.8. The number of para-hydroxylation sites is 1. The molecule has 0 saturated carbocycles. The van der Waals surface area contributed by atoms with Crippen molar-refractivity contribution in [2.75, 3.05) is 19.6 Å². The summed E-state index contributed by atoms with van der Waals surface area (Å²) in [6.45, 7) is 2.40. The Morgan fingerprint density at radius 3 is 2.66 bits per heavy atom. The van der Waals surface area contributed by atoms with Crippen LogP contribution in [0.3, 0.4) is 0 Å². The van der Waals surface area contributed by atoms with Gasteiger partial charge in [0.1, 0.15) is 6.54 Å². The van der Waals surface area contributed by atoms with Crippen LogP contribution in [0.5, 0.6) is 0 Å². The summed E-state index contributed by atoms with van der Waals surface area (Å²) in [4.78, 5) is 34.1. The minimum absolute atomic E-state index is 0.0370. The van der Waals surface area contributed by atoms with Gasteiger partial charge in [-0.1, -0.05) is 18.2 Å². The SMILES string of the molecule is O=C(c1ccncc1)N1C[C@H]2CC[C@@H](C1)N(C(=O)Cn1ccc3ccccc31)C2. The van der Waals surface area contributed by atoms with Gasteiger partial charge < -0.3 is 14.4 Å². The highest BCUT2D eigenvalue weighted by molar-refractivity contribution is 5.94. The quantitative estimate of drug-likeness (QED) is 0.693. The fraction of sp³-hybridized carbons (Fsp3) is 0.348. The first-order valence-corrected chi connectivity index (χ1v) is 10.2. The molecule has 2 amide bonds. The number of amides is 2. The van der Waals surface area contributed by atoms with Crippen LogP contribution in [0.1, 0.15) is 23.2 Å². The average Bonchev–Trinajstić information content (AvgIpc) is 2.94. The molecule has 6 rings (SSSR count). The van der Waals surface area contributed by atoms with Crippen LogP contribution in [0.4, 0.5) is 0 Å². The molecule has 2 bridgehead atoms.